The highest BCUT2D eigenvalue weighted by Gasteiger charge is 2.26. The second kappa shape index (κ2) is 4.63. The molecule has 0 amide bonds. The van der Waals surface area contributed by atoms with E-state index in [0.717, 1.165) is 12.8 Å². The number of carboxylic acid groups (broad SMARTS) is 1. The molecule has 1 aromatic carbocycles. The minimum absolute atomic E-state index is 0.0802. The third-order valence-corrected chi connectivity index (χ3v) is 4.04. The second-order valence-electron chi connectivity index (χ2n) is 5.32. The van der Waals surface area contributed by atoms with Crippen molar-refractivity contribution in [2.75, 3.05) is 0 Å². The summed E-state index contributed by atoms with van der Waals surface area (Å²) in [4.78, 5) is 23.8. The molecule has 1 N–H and O–H groups in total. The van der Waals surface area contributed by atoms with Crippen molar-refractivity contribution >= 4 is 28.5 Å². The molecule has 2 aromatic rings. The van der Waals surface area contributed by atoms with Crippen LogP contribution in [-0.4, -0.2) is 15.6 Å². The lowest BCUT2D eigenvalue weighted by molar-refractivity contribution is 0.0683. The molecule has 5 heteroatoms. The van der Waals surface area contributed by atoms with E-state index in [9.17, 15) is 14.7 Å². The number of nitrogens with zero attached hydrogens (tertiary/aromatic N) is 1. The maximum atomic E-state index is 12.3. The van der Waals surface area contributed by atoms with Crippen LogP contribution in [0.1, 0.15) is 28.9 Å². The zero-order chi connectivity index (χ0) is 14.4. The quantitative estimate of drug-likeness (QED) is 0.945. The number of aromatic carboxylic acids is 1. The lowest BCUT2D eigenvalue weighted by atomic mass is 10.1. The summed E-state index contributed by atoms with van der Waals surface area (Å²) >= 11 is 6.00. The number of rotatable bonds is 3. The van der Waals surface area contributed by atoms with Crippen LogP contribution >= 0.6 is 11.6 Å². The van der Waals surface area contributed by atoms with Crippen LogP contribution in [0.15, 0.2) is 23.0 Å². The molecule has 1 fully saturated rings. The number of fused-ring (bicyclic) bond motifs is 1. The molecule has 104 valence electrons. The van der Waals surface area contributed by atoms with Crippen LogP contribution in [-0.2, 0) is 6.54 Å². The number of aromatic nitrogens is 1. The van der Waals surface area contributed by atoms with Crippen molar-refractivity contribution in [1.82, 2.24) is 4.57 Å². The molecule has 0 saturated heterocycles. The van der Waals surface area contributed by atoms with Crippen LogP contribution in [0.4, 0.5) is 0 Å². The molecule has 1 aliphatic rings. The number of pyridine rings is 1. The van der Waals surface area contributed by atoms with Gasteiger partial charge in [-0.25, -0.2) is 4.79 Å². The van der Waals surface area contributed by atoms with Crippen molar-refractivity contribution in [3.63, 3.8) is 0 Å². The van der Waals surface area contributed by atoms with Crippen LogP contribution in [0.25, 0.3) is 10.9 Å². The van der Waals surface area contributed by atoms with Crippen LogP contribution < -0.4 is 5.43 Å². The Hall–Kier alpha value is -1.81. The third-order valence-electron chi connectivity index (χ3n) is 3.80. The van der Waals surface area contributed by atoms with E-state index in [1.807, 2.05) is 0 Å². The molecule has 0 unspecified atom stereocenters. The van der Waals surface area contributed by atoms with E-state index in [1.165, 1.54) is 0 Å². The monoisotopic (exact) mass is 291 g/mol. The fraction of sp³-hybridized carbons (Fsp3) is 0.333. The Morgan fingerprint density at radius 2 is 2.15 bits per heavy atom. The van der Waals surface area contributed by atoms with Gasteiger partial charge in [0.05, 0.1) is 5.52 Å². The van der Waals surface area contributed by atoms with Gasteiger partial charge in [0.1, 0.15) is 5.69 Å². The molecule has 1 aromatic heterocycles. The fourth-order valence-electron chi connectivity index (χ4n) is 2.58. The van der Waals surface area contributed by atoms with Crippen molar-refractivity contribution in [1.29, 1.82) is 0 Å². The highest BCUT2D eigenvalue weighted by Crippen LogP contribution is 2.32. The van der Waals surface area contributed by atoms with Gasteiger partial charge in [0, 0.05) is 22.5 Å². The maximum absolute atomic E-state index is 12.3. The first-order chi connectivity index (χ1) is 9.49. The Bertz CT molecular complexity index is 775. The molecule has 3 rings (SSSR count). The van der Waals surface area contributed by atoms with Gasteiger partial charge in [-0.15, -0.1) is 0 Å². The van der Waals surface area contributed by atoms with Gasteiger partial charge in [0.15, 0.2) is 5.43 Å². The van der Waals surface area contributed by atoms with Gasteiger partial charge in [-0.1, -0.05) is 11.6 Å². The van der Waals surface area contributed by atoms with Crippen LogP contribution in [0, 0.1) is 12.8 Å². The molecule has 1 saturated carbocycles. The summed E-state index contributed by atoms with van der Waals surface area (Å²) in [6, 6.07) is 5.00. The van der Waals surface area contributed by atoms with Gasteiger partial charge in [-0.2, -0.15) is 0 Å². The Morgan fingerprint density at radius 1 is 1.45 bits per heavy atom. The molecule has 0 spiro atoms. The van der Waals surface area contributed by atoms with Crippen molar-refractivity contribution in [2.45, 2.75) is 26.3 Å². The van der Waals surface area contributed by atoms with E-state index in [2.05, 4.69) is 0 Å². The highest BCUT2D eigenvalue weighted by molar-refractivity contribution is 6.31. The average Bonchev–Trinajstić information content (AvgIpc) is 3.19. The molecular weight excluding hydrogens is 278 g/mol. The average molecular weight is 292 g/mol. The zero-order valence-electron chi connectivity index (χ0n) is 11.0. The van der Waals surface area contributed by atoms with Gasteiger partial charge in [-0.05, 0) is 43.9 Å². The van der Waals surface area contributed by atoms with E-state index in [-0.39, 0.29) is 16.7 Å². The Kier molecular flexibility index (Phi) is 3.05. The first kappa shape index (κ1) is 13.2. The number of hydrogen-bond donors (Lipinski definition) is 1. The standard InChI is InChI=1S/C15H14ClNO3/c1-8-13(15(19)20)17(7-9-2-3-9)12-6-10(16)4-5-11(12)14(8)18/h4-6,9H,2-3,7H2,1H3,(H,19,20). The zero-order valence-corrected chi connectivity index (χ0v) is 11.8. The van der Waals surface area contributed by atoms with E-state index in [4.69, 9.17) is 11.6 Å². The van der Waals surface area contributed by atoms with Gasteiger partial charge in [-0.3, -0.25) is 4.79 Å². The van der Waals surface area contributed by atoms with Crippen molar-refractivity contribution in [2.24, 2.45) is 5.92 Å². The van der Waals surface area contributed by atoms with Crippen LogP contribution in [0.5, 0.6) is 0 Å². The predicted octanol–water partition coefficient (Wildman–Crippen LogP) is 3.07. The molecule has 1 heterocycles. The van der Waals surface area contributed by atoms with Crippen LogP contribution in [0.2, 0.25) is 5.02 Å². The molecule has 0 bridgehead atoms. The number of hydrogen-bond acceptors (Lipinski definition) is 2. The van der Waals surface area contributed by atoms with Gasteiger partial charge >= 0.3 is 5.97 Å². The van der Waals surface area contributed by atoms with Crippen molar-refractivity contribution in [3.05, 3.63) is 44.7 Å². The largest absolute Gasteiger partial charge is 0.477 e. The maximum Gasteiger partial charge on any atom is 0.352 e. The fourth-order valence-corrected chi connectivity index (χ4v) is 2.74. The topological polar surface area (TPSA) is 59.3 Å². The van der Waals surface area contributed by atoms with E-state index >= 15 is 0 Å². The molecular formula is C15H14ClNO3. The summed E-state index contributed by atoms with van der Waals surface area (Å²) in [7, 11) is 0. The minimum Gasteiger partial charge on any atom is -0.477 e. The third kappa shape index (κ3) is 2.10. The normalized spacial score (nSPS) is 14.7. The summed E-state index contributed by atoms with van der Waals surface area (Å²) in [5, 5.41) is 10.5. The van der Waals surface area contributed by atoms with E-state index in [1.54, 1.807) is 29.7 Å². The second-order valence-corrected chi connectivity index (χ2v) is 5.76. The minimum atomic E-state index is -1.07. The van der Waals surface area contributed by atoms with E-state index < -0.39 is 5.97 Å². The summed E-state index contributed by atoms with van der Waals surface area (Å²) < 4.78 is 1.73. The van der Waals surface area contributed by atoms with Crippen molar-refractivity contribution < 1.29 is 9.90 Å². The summed E-state index contributed by atoms with van der Waals surface area (Å²) in [6.07, 6.45) is 2.21. The number of benzene rings is 1. The Morgan fingerprint density at radius 3 is 2.75 bits per heavy atom. The molecule has 4 nitrogen and oxygen atoms in total. The highest BCUT2D eigenvalue weighted by atomic mass is 35.5. The number of halogens is 1. The molecule has 0 aliphatic heterocycles. The Labute approximate surface area is 120 Å². The van der Waals surface area contributed by atoms with Gasteiger partial charge in [0.25, 0.3) is 0 Å². The van der Waals surface area contributed by atoms with Gasteiger partial charge in [0.2, 0.25) is 0 Å². The van der Waals surface area contributed by atoms with Crippen molar-refractivity contribution in [3.8, 4) is 0 Å². The summed E-state index contributed by atoms with van der Waals surface area (Å²) in [5.41, 5.74) is 0.739. The van der Waals surface area contributed by atoms with Gasteiger partial charge < -0.3 is 9.67 Å². The lowest BCUT2D eigenvalue weighted by Gasteiger charge is -2.16. The SMILES string of the molecule is Cc1c(C(=O)O)n(CC2CC2)c2cc(Cl)ccc2c1=O. The first-order valence-corrected chi connectivity index (χ1v) is 6.93. The summed E-state index contributed by atoms with van der Waals surface area (Å²) in [6.45, 7) is 2.20. The molecule has 0 atom stereocenters. The van der Waals surface area contributed by atoms with Crippen LogP contribution in [0.3, 0.4) is 0 Å². The van der Waals surface area contributed by atoms with E-state index in [0.29, 0.717) is 28.4 Å². The smallest absolute Gasteiger partial charge is 0.352 e. The summed E-state index contributed by atoms with van der Waals surface area (Å²) in [5.74, 6) is -0.570. The lowest BCUT2D eigenvalue weighted by Crippen LogP contribution is -2.22. The molecule has 1 aliphatic carbocycles. The molecule has 0 radical (unpaired) electrons. The number of carboxylic acids is 1. The number of carbonyl (C=O) groups is 1. The predicted molar refractivity (Wildman–Crippen MR) is 77.6 cm³/mol. The Balaban J connectivity index is 2.41. The first-order valence-electron chi connectivity index (χ1n) is 6.55. The molecule has 20 heavy (non-hydrogen) atoms.